The monoisotopic (exact) mass is 269 g/mol. The number of carbonyl (C=O) groups is 3. The van der Waals surface area contributed by atoms with Crippen LogP contribution in [0.1, 0.15) is 32.1 Å². The maximum Gasteiger partial charge on any atom is 0.329 e. The molecule has 1 saturated carbocycles. The second kappa shape index (κ2) is 5.07. The highest BCUT2D eigenvalue weighted by Gasteiger charge is 2.46. The van der Waals surface area contributed by atoms with Crippen LogP contribution in [0.3, 0.4) is 0 Å². The molecule has 0 bridgehead atoms. The predicted molar refractivity (Wildman–Crippen MR) is 66.5 cm³/mol. The molecule has 0 radical (unpaired) electrons. The summed E-state index contributed by atoms with van der Waals surface area (Å²) >= 11 is 0. The van der Waals surface area contributed by atoms with Gasteiger partial charge in [0.25, 0.3) is 0 Å². The summed E-state index contributed by atoms with van der Waals surface area (Å²) in [6.07, 6.45) is 2.76. The molecule has 0 spiro atoms. The Bertz CT molecular complexity index is 406. The quantitative estimate of drug-likeness (QED) is 0.667. The number of nitrogens with zero attached hydrogens (tertiary/aromatic N) is 1. The van der Waals surface area contributed by atoms with E-state index in [1.54, 1.807) is 11.9 Å². The number of carboxylic acids is 1. The fourth-order valence-corrected chi connectivity index (χ4v) is 2.49. The lowest BCUT2D eigenvalue weighted by atomic mass is 9.77. The molecule has 7 heteroatoms. The second-order valence-corrected chi connectivity index (χ2v) is 5.35. The van der Waals surface area contributed by atoms with Gasteiger partial charge in [-0.15, -0.1) is 0 Å². The third-order valence-corrected chi connectivity index (χ3v) is 3.93. The van der Waals surface area contributed by atoms with E-state index in [1.807, 2.05) is 0 Å². The van der Waals surface area contributed by atoms with Crippen molar-refractivity contribution in [3.63, 3.8) is 0 Å². The molecule has 0 aromatic rings. The van der Waals surface area contributed by atoms with Crippen LogP contribution in [0.15, 0.2) is 0 Å². The zero-order chi connectivity index (χ0) is 14.0. The Balaban J connectivity index is 1.85. The van der Waals surface area contributed by atoms with Crippen LogP contribution in [0.2, 0.25) is 0 Å². The van der Waals surface area contributed by atoms with E-state index in [9.17, 15) is 14.4 Å². The molecule has 7 nitrogen and oxygen atoms in total. The van der Waals surface area contributed by atoms with E-state index in [1.165, 1.54) is 0 Å². The molecule has 106 valence electrons. The molecule has 2 aliphatic rings. The van der Waals surface area contributed by atoms with E-state index in [-0.39, 0.29) is 11.9 Å². The molecule has 1 saturated heterocycles. The molecule has 1 aliphatic heterocycles. The molecule has 19 heavy (non-hydrogen) atoms. The SMILES string of the molecule is CN1CC(NC(=O)NC2(C(=O)O)CCC2)CCC1=O. The molecule has 0 aromatic heterocycles. The third-order valence-electron chi connectivity index (χ3n) is 3.93. The first-order valence-corrected chi connectivity index (χ1v) is 6.49. The molecule has 3 amide bonds. The second-order valence-electron chi connectivity index (χ2n) is 5.35. The Kier molecular flexibility index (Phi) is 3.64. The Morgan fingerprint density at radius 2 is 2.11 bits per heavy atom. The van der Waals surface area contributed by atoms with Crippen molar-refractivity contribution in [2.45, 2.75) is 43.7 Å². The average molecular weight is 269 g/mol. The van der Waals surface area contributed by atoms with Gasteiger partial charge < -0.3 is 20.6 Å². The lowest BCUT2D eigenvalue weighted by Crippen LogP contribution is -2.63. The minimum Gasteiger partial charge on any atom is -0.480 e. The van der Waals surface area contributed by atoms with Crippen LogP contribution in [-0.2, 0) is 9.59 Å². The number of likely N-dealkylation sites (N-methyl/N-ethyl adjacent to an activating group) is 1. The number of urea groups is 1. The molecule has 2 rings (SSSR count). The molecule has 2 fully saturated rings. The van der Waals surface area contributed by atoms with Gasteiger partial charge in [-0.25, -0.2) is 9.59 Å². The van der Waals surface area contributed by atoms with Crippen LogP contribution in [-0.4, -0.2) is 53.1 Å². The average Bonchev–Trinajstić information content (AvgIpc) is 2.28. The first kappa shape index (κ1) is 13.6. The van der Waals surface area contributed by atoms with Crippen LogP contribution in [0.5, 0.6) is 0 Å². The molecule has 1 aliphatic carbocycles. The molecule has 3 N–H and O–H groups in total. The van der Waals surface area contributed by atoms with Gasteiger partial charge in [0.05, 0.1) is 0 Å². The van der Waals surface area contributed by atoms with Crippen molar-refractivity contribution in [1.29, 1.82) is 0 Å². The van der Waals surface area contributed by atoms with Gasteiger partial charge in [-0.1, -0.05) is 0 Å². The number of likely N-dealkylation sites (tertiary alicyclic amines) is 1. The van der Waals surface area contributed by atoms with Crippen LogP contribution < -0.4 is 10.6 Å². The predicted octanol–water partition coefficient (Wildman–Crippen LogP) is -0.0863. The number of nitrogens with one attached hydrogen (secondary N) is 2. The van der Waals surface area contributed by atoms with E-state index >= 15 is 0 Å². The zero-order valence-electron chi connectivity index (χ0n) is 10.9. The number of amides is 3. The topological polar surface area (TPSA) is 98.7 Å². The summed E-state index contributed by atoms with van der Waals surface area (Å²) < 4.78 is 0. The molecular formula is C12H19N3O4. The van der Waals surface area contributed by atoms with Gasteiger partial charge in [-0.3, -0.25) is 4.79 Å². The first-order valence-electron chi connectivity index (χ1n) is 6.49. The summed E-state index contributed by atoms with van der Waals surface area (Å²) in [7, 11) is 1.69. The van der Waals surface area contributed by atoms with Gasteiger partial charge in [-0.2, -0.15) is 0 Å². The van der Waals surface area contributed by atoms with Gasteiger partial charge in [0.2, 0.25) is 5.91 Å². The number of carbonyl (C=O) groups excluding carboxylic acids is 2. The van der Waals surface area contributed by atoms with Gasteiger partial charge in [-0.05, 0) is 25.7 Å². The lowest BCUT2D eigenvalue weighted by Gasteiger charge is -2.39. The molecule has 0 aromatic carbocycles. The summed E-state index contributed by atoms with van der Waals surface area (Å²) in [6, 6.07) is -0.580. The van der Waals surface area contributed by atoms with Gasteiger partial charge in [0.1, 0.15) is 5.54 Å². The van der Waals surface area contributed by atoms with Crippen molar-refractivity contribution >= 4 is 17.9 Å². The van der Waals surface area contributed by atoms with Crippen LogP contribution in [0.25, 0.3) is 0 Å². The maximum atomic E-state index is 11.8. The Morgan fingerprint density at radius 3 is 2.58 bits per heavy atom. The van der Waals surface area contributed by atoms with Gasteiger partial charge in [0, 0.05) is 26.1 Å². The van der Waals surface area contributed by atoms with E-state index < -0.39 is 17.5 Å². The highest BCUT2D eigenvalue weighted by molar-refractivity contribution is 5.87. The Labute approximate surface area is 111 Å². The molecule has 1 atom stereocenters. The number of piperidine rings is 1. The van der Waals surface area contributed by atoms with Crippen LogP contribution in [0.4, 0.5) is 4.79 Å². The molecular weight excluding hydrogens is 250 g/mol. The summed E-state index contributed by atoms with van der Waals surface area (Å²) in [4.78, 5) is 35.8. The first-order chi connectivity index (χ1) is 8.93. The molecule has 1 heterocycles. The van der Waals surface area contributed by atoms with Gasteiger partial charge >= 0.3 is 12.0 Å². The third kappa shape index (κ3) is 2.80. The number of carboxylic acid groups (broad SMARTS) is 1. The minimum atomic E-state index is -1.10. The smallest absolute Gasteiger partial charge is 0.329 e. The van der Waals surface area contributed by atoms with Gasteiger partial charge in [0.15, 0.2) is 0 Å². The summed E-state index contributed by atoms with van der Waals surface area (Å²) in [6.45, 7) is 0.465. The molecule has 1 unspecified atom stereocenters. The Hall–Kier alpha value is -1.79. The highest BCUT2D eigenvalue weighted by Crippen LogP contribution is 2.31. The van der Waals surface area contributed by atoms with Crippen LogP contribution >= 0.6 is 0 Å². The summed E-state index contributed by atoms with van der Waals surface area (Å²) in [5.74, 6) is -0.913. The highest BCUT2D eigenvalue weighted by atomic mass is 16.4. The zero-order valence-corrected chi connectivity index (χ0v) is 10.9. The van der Waals surface area contributed by atoms with E-state index in [2.05, 4.69) is 10.6 Å². The van der Waals surface area contributed by atoms with Crippen molar-refractivity contribution in [2.24, 2.45) is 0 Å². The maximum absolute atomic E-state index is 11.8. The van der Waals surface area contributed by atoms with Crippen molar-refractivity contribution in [3.05, 3.63) is 0 Å². The van der Waals surface area contributed by atoms with E-state index in [0.29, 0.717) is 32.2 Å². The fraction of sp³-hybridized carbons (Fsp3) is 0.750. The largest absolute Gasteiger partial charge is 0.480 e. The summed E-state index contributed by atoms with van der Waals surface area (Å²) in [5, 5.41) is 14.4. The lowest BCUT2D eigenvalue weighted by molar-refractivity contribution is -0.148. The number of rotatable bonds is 3. The summed E-state index contributed by atoms with van der Waals surface area (Å²) in [5.41, 5.74) is -1.10. The van der Waals surface area contributed by atoms with Crippen molar-refractivity contribution in [2.75, 3.05) is 13.6 Å². The van der Waals surface area contributed by atoms with E-state index in [0.717, 1.165) is 6.42 Å². The van der Waals surface area contributed by atoms with Crippen molar-refractivity contribution in [1.82, 2.24) is 15.5 Å². The number of hydrogen-bond acceptors (Lipinski definition) is 3. The fourth-order valence-electron chi connectivity index (χ4n) is 2.49. The van der Waals surface area contributed by atoms with Crippen molar-refractivity contribution < 1.29 is 19.5 Å². The minimum absolute atomic E-state index is 0.0689. The number of aliphatic carboxylic acids is 1. The standard InChI is InChI=1S/C12H19N3O4/c1-15-7-8(3-4-9(15)16)13-11(19)14-12(10(17)18)5-2-6-12/h8H,2-7H2,1H3,(H,17,18)(H2,13,14,19). The van der Waals surface area contributed by atoms with E-state index in [4.69, 9.17) is 5.11 Å². The normalized spacial score (nSPS) is 25.4. The van der Waals surface area contributed by atoms with Crippen molar-refractivity contribution in [3.8, 4) is 0 Å². The Morgan fingerprint density at radius 1 is 1.42 bits per heavy atom. The van der Waals surface area contributed by atoms with Crippen LogP contribution in [0, 0.1) is 0 Å². The number of hydrogen-bond donors (Lipinski definition) is 3.